The van der Waals surface area contributed by atoms with Gasteiger partial charge in [-0.25, -0.2) is 0 Å². The highest BCUT2D eigenvalue weighted by Gasteiger charge is 2.43. The first-order valence-corrected chi connectivity index (χ1v) is 13.3. The molecule has 5 rings (SSSR count). The van der Waals surface area contributed by atoms with Crippen molar-refractivity contribution >= 4 is 27.8 Å². The number of para-hydroxylation sites is 1. The molecule has 0 radical (unpaired) electrons. The van der Waals surface area contributed by atoms with Crippen LogP contribution in [0.4, 0.5) is 11.4 Å². The first-order valence-electron chi connectivity index (χ1n) is 11.8. The molecule has 0 bridgehead atoms. The van der Waals surface area contributed by atoms with Crippen LogP contribution in [0.5, 0.6) is 0 Å². The lowest BCUT2D eigenvalue weighted by molar-refractivity contribution is -0.482. The summed E-state index contributed by atoms with van der Waals surface area (Å²) in [5.41, 5.74) is 6.88. The molecule has 4 aromatic rings. The normalized spacial score (nSPS) is 17.8. The third kappa shape index (κ3) is 4.34. The highest BCUT2D eigenvalue weighted by molar-refractivity contribution is 7.86. The van der Waals surface area contributed by atoms with Crippen LogP contribution in [0.2, 0.25) is 0 Å². The van der Waals surface area contributed by atoms with Gasteiger partial charge in [0.05, 0.1) is 10.6 Å². The van der Waals surface area contributed by atoms with Crippen molar-refractivity contribution < 1.29 is 17.5 Å². The topological polar surface area (TPSA) is 60.6 Å². The van der Waals surface area contributed by atoms with Gasteiger partial charge in [-0.15, -0.1) is 0 Å². The molecule has 2 atom stereocenters. The summed E-state index contributed by atoms with van der Waals surface area (Å²) in [6, 6.07) is 30.5. The summed E-state index contributed by atoms with van der Waals surface area (Å²) in [5, 5.41) is 0. The van der Waals surface area contributed by atoms with Gasteiger partial charge in [0.1, 0.15) is 12.1 Å². The summed E-state index contributed by atoms with van der Waals surface area (Å²) in [4.78, 5) is 1.71. The zero-order chi connectivity index (χ0) is 25.4. The van der Waals surface area contributed by atoms with Gasteiger partial charge in [0.2, 0.25) is 6.34 Å². The Hall–Kier alpha value is -3.74. The Bertz CT molecular complexity index is 1520. The van der Waals surface area contributed by atoms with E-state index in [1.807, 2.05) is 53.4 Å². The summed E-state index contributed by atoms with van der Waals surface area (Å²) in [6.45, 7) is 6.26. The van der Waals surface area contributed by atoms with Crippen LogP contribution in [0, 0.1) is 20.8 Å². The lowest BCUT2D eigenvalue weighted by atomic mass is 9.91. The second-order valence-corrected chi connectivity index (χ2v) is 10.6. The maximum atomic E-state index is 12.4. The van der Waals surface area contributed by atoms with Crippen LogP contribution in [-0.2, 0) is 10.1 Å². The second-order valence-electron chi connectivity index (χ2n) is 9.24. The van der Waals surface area contributed by atoms with Crippen molar-refractivity contribution in [3.05, 3.63) is 125 Å². The molecule has 0 spiro atoms. The van der Waals surface area contributed by atoms with E-state index in [0.717, 1.165) is 27.9 Å². The van der Waals surface area contributed by atoms with Crippen LogP contribution in [0.25, 0.3) is 0 Å². The average Bonchev–Trinajstić information content (AvgIpc) is 3.24. The van der Waals surface area contributed by atoms with Crippen LogP contribution in [0.15, 0.2) is 102 Å². The zero-order valence-corrected chi connectivity index (χ0v) is 21.3. The largest absolute Gasteiger partial charge is 0.326 e. The number of nitrogens with zero attached hydrogens (tertiary/aromatic N) is 2. The van der Waals surface area contributed by atoms with E-state index in [9.17, 15) is 13.0 Å². The van der Waals surface area contributed by atoms with Gasteiger partial charge in [-0.3, -0.25) is 4.55 Å². The molecular weight excluding hydrogens is 468 g/mol. The van der Waals surface area contributed by atoms with Crippen molar-refractivity contribution in [3.8, 4) is 0 Å². The molecule has 36 heavy (non-hydrogen) atoms. The number of benzene rings is 4. The van der Waals surface area contributed by atoms with E-state index < -0.39 is 10.1 Å². The molecule has 0 aromatic heterocycles. The first kappa shape index (κ1) is 24.0. The second kappa shape index (κ2) is 9.37. The molecular formula is C30H28N2O3S. The van der Waals surface area contributed by atoms with Gasteiger partial charge in [-0.1, -0.05) is 108 Å². The molecule has 1 heterocycles. The summed E-state index contributed by atoms with van der Waals surface area (Å²) >= 11 is 0. The van der Waals surface area contributed by atoms with E-state index in [4.69, 9.17) is 0 Å². The van der Waals surface area contributed by atoms with Gasteiger partial charge in [-0.2, -0.15) is 8.42 Å². The van der Waals surface area contributed by atoms with E-state index in [2.05, 4.69) is 56.0 Å². The Morgan fingerprint density at radius 2 is 1.31 bits per heavy atom. The summed E-state index contributed by atoms with van der Waals surface area (Å²) < 4.78 is 37.0. The quantitative estimate of drug-likeness (QED) is 0.197. The summed E-state index contributed by atoms with van der Waals surface area (Å²) in [5.74, 6) is 0. The highest BCUT2D eigenvalue weighted by Crippen LogP contribution is 2.47. The Morgan fingerprint density at radius 1 is 0.778 bits per heavy atom. The van der Waals surface area contributed by atoms with Crippen LogP contribution < -0.4 is 4.90 Å². The number of aryl methyl sites for hydroxylation is 3. The minimum atomic E-state index is -4.46. The summed E-state index contributed by atoms with van der Waals surface area (Å²) in [6.07, 6.45) is 3.53. The molecule has 0 saturated carbocycles. The first-order chi connectivity index (χ1) is 17.3. The zero-order valence-electron chi connectivity index (χ0n) is 20.5. The molecule has 5 nitrogen and oxygen atoms in total. The maximum Gasteiger partial charge on any atom is 0.286 e. The van der Waals surface area contributed by atoms with Gasteiger partial charge in [-0.05, 0) is 38.0 Å². The van der Waals surface area contributed by atoms with Crippen molar-refractivity contribution in [2.24, 2.45) is 0 Å². The van der Waals surface area contributed by atoms with Crippen LogP contribution in [0.3, 0.4) is 0 Å². The van der Waals surface area contributed by atoms with E-state index in [-0.39, 0.29) is 17.0 Å². The van der Waals surface area contributed by atoms with E-state index >= 15 is 0 Å². The molecule has 4 aromatic carbocycles. The van der Waals surface area contributed by atoms with Gasteiger partial charge >= 0.3 is 0 Å². The lowest BCUT2D eigenvalue weighted by Gasteiger charge is -2.30. The Balaban J connectivity index is 1.83. The Kier molecular flexibility index (Phi) is 6.24. The van der Waals surface area contributed by atoms with Gasteiger partial charge in [0, 0.05) is 5.69 Å². The molecule has 182 valence electrons. The fourth-order valence-electron chi connectivity index (χ4n) is 5.31. The molecule has 6 heteroatoms. The number of rotatable bonds is 5. The number of hydrogen-bond donors (Lipinski definition) is 1. The smallest absolute Gasteiger partial charge is 0.286 e. The average molecular weight is 497 g/mol. The predicted octanol–water partition coefficient (Wildman–Crippen LogP) is 6.41. The van der Waals surface area contributed by atoms with Gasteiger partial charge in [0.15, 0.2) is 0 Å². The predicted molar refractivity (Wildman–Crippen MR) is 143 cm³/mol. The van der Waals surface area contributed by atoms with Crippen LogP contribution >= 0.6 is 0 Å². The Labute approximate surface area is 212 Å². The SMILES string of the molecule is Cc1cc(C)c([N+]2=[C-]N(c3ccccc3S(=O)(=O)O)[C@@H](c3ccccc3)[C@@H]2c2ccccc2)c(C)c1. The third-order valence-electron chi connectivity index (χ3n) is 6.63. The van der Waals surface area contributed by atoms with E-state index in [1.54, 1.807) is 18.2 Å². The molecule has 0 unspecified atom stereocenters. The van der Waals surface area contributed by atoms with Crippen molar-refractivity contribution in [3.63, 3.8) is 0 Å². The molecule has 0 fully saturated rings. The van der Waals surface area contributed by atoms with E-state index in [0.29, 0.717) is 5.69 Å². The monoisotopic (exact) mass is 496 g/mol. The molecule has 1 aliphatic heterocycles. The van der Waals surface area contributed by atoms with Crippen molar-refractivity contribution in [1.82, 2.24) is 0 Å². The molecule has 1 aliphatic rings. The standard InChI is InChI=1S/C30H28N2O3S/c1-21-18-22(2)28(23(3)19-21)32-20-31(26-16-10-11-17-27(26)36(33,34)35)29(24-12-6-4-7-13-24)30(32)25-14-8-5-9-15-25/h4-19,29-30H,1-3H3,(H,33,34,35)/t29-,30-/m0/s1. The maximum absolute atomic E-state index is 12.4. The van der Waals surface area contributed by atoms with Gasteiger partial charge < -0.3 is 9.48 Å². The van der Waals surface area contributed by atoms with Gasteiger partial charge in [0.25, 0.3) is 10.1 Å². The minimum absolute atomic E-state index is 0.149. The fraction of sp³-hybridized carbons (Fsp3) is 0.167. The number of hydrogen-bond acceptors (Lipinski definition) is 3. The molecule has 0 aliphatic carbocycles. The summed E-state index contributed by atoms with van der Waals surface area (Å²) in [7, 11) is -4.46. The number of anilines is 1. The molecule has 0 amide bonds. The molecule has 1 N–H and O–H groups in total. The van der Waals surface area contributed by atoms with E-state index in [1.165, 1.54) is 11.6 Å². The lowest BCUT2D eigenvalue weighted by Crippen LogP contribution is -2.27. The van der Waals surface area contributed by atoms with Crippen molar-refractivity contribution in [1.29, 1.82) is 0 Å². The van der Waals surface area contributed by atoms with Crippen LogP contribution in [-0.4, -0.2) is 23.9 Å². The third-order valence-corrected chi connectivity index (χ3v) is 7.53. The highest BCUT2D eigenvalue weighted by atomic mass is 32.2. The fourth-order valence-corrected chi connectivity index (χ4v) is 5.99. The Morgan fingerprint density at radius 3 is 1.89 bits per heavy atom. The van der Waals surface area contributed by atoms with Crippen molar-refractivity contribution in [2.75, 3.05) is 4.90 Å². The van der Waals surface area contributed by atoms with Crippen LogP contribution in [0.1, 0.15) is 39.9 Å². The molecule has 0 saturated heterocycles. The van der Waals surface area contributed by atoms with Crippen molar-refractivity contribution in [2.45, 2.75) is 37.8 Å². The minimum Gasteiger partial charge on any atom is -0.326 e.